The van der Waals surface area contributed by atoms with Crippen LogP contribution >= 0.6 is 39.1 Å². The van der Waals surface area contributed by atoms with Gasteiger partial charge in [-0.1, -0.05) is 39.1 Å². The van der Waals surface area contributed by atoms with Crippen LogP contribution in [0.5, 0.6) is 0 Å². The third-order valence-electron chi connectivity index (χ3n) is 3.22. The van der Waals surface area contributed by atoms with Crippen LogP contribution in [0.3, 0.4) is 0 Å². The van der Waals surface area contributed by atoms with Gasteiger partial charge in [-0.2, -0.15) is 0 Å². The van der Waals surface area contributed by atoms with Crippen molar-refractivity contribution < 1.29 is 4.79 Å². The van der Waals surface area contributed by atoms with Crippen LogP contribution in [-0.4, -0.2) is 53.8 Å². The Kier molecular flexibility index (Phi) is 5.51. The number of piperazine rings is 1. The lowest BCUT2D eigenvalue weighted by molar-refractivity contribution is 0.0645. The Morgan fingerprint density at radius 3 is 2.47 bits per heavy atom. The molecular formula is C13H15BrCl2N2O. The van der Waals surface area contributed by atoms with E-state index in [1.807, 2.05) is 4.90 Å². The molecule has 104 valence electrons. The lowest BCUT2D eigenvalue weighted by Gasteiger charge is -2.34. The second kappa shape index (κ2) is 6.93. The largest absolute Gasteiger partial charge is 0.336 e. The van der Waals surface area contributed by atoms with Gasteiger partial charge in [-0.3, -0.25) is 9.69 Å². The van der Waals surface area contributed by atoms with Gasteiger partial charge in [-0.15, -0.1) is 0 Å². The molecule has 0 atom stereocenters. The SMILES string of the molecule is O=C(c1ccc(Cl)cc1Cl)N1CCN(CCBr)CC1. The molecule has 0 aromatic heterocycles. The van der Waals surface area contributed by atoms with E-state index < -0.39 is 0 Å². The second-order valence-electron chi connectivity index (χ2n) is 4.45. The van der Waals surface area contributed by atoms with Gasteiger partial charge in [0, 0.05) is 43.1 Å². The number of halogens is 3. The van der Waals surface area contributed by atoms with E-state index in [4.69, 9.17) is 23.2 Å². The average Bonchev–Trinajstić information content (AvgIpc) is 2.39. The van der Waals surface area contributed by atoms with Crippen molar-refractivity contribution in [3.63, 3.8) is 0 Å². The zero-order valence-electron chi connectivity index (χ0n) is 10.4. The van der Waals surface area contributed by atoms with Crippen LogP contribution in [0.15, 0.2) is 18.2 Å². The summed E-state index contributed by atoms with van der Waals surface area (Å²) in [7, 11) is 0. The minimum Gasteiger partial charge on any atom is -0.336 e. The highest BCUT2D eigenvalue weighted by Gasteiger charge is 2.23. The first-order valence-corrected chi connectivity index (χ1v) is 8.02. The summed E-state index contributed by atoms with van der Waals surface area (Å²) in [5.74, 6) is -0.0137. The van der Waals surface area contributed by atoms with Gasteiger partial charge < -0.3 is 4.90 Å². The van der Waals surface area contributed by atoms with Crippen LogP contribution in [0, 0.1) is 0 Å². The maximum Gasteiger partial charge on any atom is 0.255 e. The van der Waals surface area contributed by atoms with E-state index in [1.54, 1.807) is 18.2 Å². The van der Waals surface area contributed by atoms with Gasteiger partial charge in [0.25, 0.3) is 5.91 Å². The Morgan fingerprint density at radius 1 is 1.21 bits per heavy atom. The fourth-order valence-corrected chi connectivity index (χ4v) is 3.12. The molecule has 0 aliphatic carbocycles. The predicted octanol–water partition coefficient (Wildman–Crippen LogP) is 3.15. The van der Waals surface area contributed by atoms with Crippen molar-refractivity contribution in [3.8, 4) is 0 Å². The molecule has 0 saturated carbocycles. The molecule has 1 fully saturated rings. The molecule has 1 aliphatic rings. The summed E-state index contributed by atoms with van der Waals surface area (Å²) < 4.78 is 0. The van der Waals surface area contributed by atoms with E-state index in [2.05, 4.69) is 20.8 Å². The number of hydrogen-bond acceptors (Lipinski definition) is 2. The van der Waals surface area contributed by atoms with Crippen LogP contribution in [0.2, 0.25) is 10.0 Å². The van der Waals surface area contributed by atoms with Gasteiger partial charge in [0.2, 0.25) is 0 Å². The van der Waals surface area contributed by atoms with Gasteiger partial charge in [0.05, 0.1) is 10.6 Å². The Labute approximate surface area is 131 Å². The lowest BCUT2D eigenvalue weighted by atomic mass is 10.2. The van der Waals surface area contributed by atoms with Gasteiger partial charge in [-0.25, -0.2) is 0 Å². The van der Waals surface area contributed by atoms with Gasteiger partial charge in [-0.05, 0) is 18.2 Å². The molecule has 0 bridgehead atoms. The van der Waals surface area contributed by atoms with Crippen molar-refractivity contribution >= 4 is 45.0 Å². The number of nitrogens with zero attached hydrogens (tertiary/aromatic N) is 2. The number of alkyl halides is 1. The molecule has 3 nitrogen and oxygen atoms in total. The monoisotopic (exact) mass is 364 g/mol. The minimum atomic E-state index is -0.0137. The van der Waals surface area contributed by atoms with E-state index in [9.17, 15) is 4.79 Å². The lowest BCUT2D eigenvalue weighted by Crippen LogP contribution is -2.49. The summed E-state index contributed by atoms with van der Waals surface area (Å²) in [5, 5.41) is 1.92. The molecule has 1 aromatic carbocycles. The third-order valence-corrected chi connectivity index (χ3v) is 4.12. The molecule has 0 unspecified atom stereocenters. The van der Waals surface area contributed by atoms with E-state index in [-0.39, 0.29) is 5.91 Å². The highest BCUT2D eigenvalue weighted by molar-refractivity contribution is 9.09. The first-order chi connectivity index (χ1) is 9.11. The summed E-state index contributed by atoms with van der Waals surface area (Å²) in [6.45, 7) is 4.31. The normalized spacial score (nSPS) is 16.7. The zero-order valence-corrected chi connectivity index (χ0v) is 13.5. The van der Waals surface area contributed by atoms with Crippen molar-refractivity contribution in [2.45, 2.75) is 0 Å². The Bertz CT molecular complexity index is 462. The number of rotatable bonds is 3. The molecule has 6 heteroatoms. The van der Waals surface area contributed by atoms with Crippen molar-refractivity contribution in [2.75, 3.05) is 38.1 Å². The molecular weight excluding hydrogens is 351 g/mol. The molecule has 1 amide bonds. The first-order valence-electron chi connectivity index (χ1n) is 6.14. The van der Waals surface area contributed by atoms with E-state index in [0.29, 0.717) is 15.6 Å². The molecule has 1 aromatic rings. The molecule has 1 heterocycles. The van der Waals surface area contributed by atoms with E-state index in [0.717, 1.165) is 38.1 Å². The fraction of sp³-hybridized carbons (Fsp3) is 0.462. The number of benzene rings is 1. The number of carbonyl (C=O) groups excluding carboxylic acids is 1. The molecule has 1 saturated heterocycles. The summed E-state index contributed by atoms with van der Waals surface area (Å²) in [5.41, 5.74) is 0.528. The average molecular weight is 366 g/mol. The zero-order chi connectivity index (χ0) is 13.8. The molecule has 19 heavy (non-hydrogen) atoms. The Hall–Kier alpha value is -0.290. The Balaban J connectivity index is 2.01. The molecule has 0 spiro atoms. The van der Waals surface area contributed by atoms with Crippen molar-refractivity contribution in [1.29, 1.82) is 0 Å². The van der Waals surface area contributed by atoms with Crippen LogP contribution < -0.4 is 0 Å². The number of hydrogen-bond donors (Lipinski definition) is 0. The summed E-state index contributed by atoms with van der Waals surface area (Å²) >= 11 is 15.3. The molecule has 0 radical (unpaired) electrons. The molecule has 0 N–H and O–H groups in total. The summed E-state index contributed by atoms with van der Waals surface area (Å²) in [6, 6.07) is 5.00. The second-order valence-corrected chi connectivity index (χ2v) is 6.08. The van der Waals surface area contributed by atoms with Crippen LogP contribution in [-0.2, 0) is 0 Å². The van der Waals surface area contributed by atoms with Crippen molar-refractivity contribution in [2.24, 2.45) is 0 Å². The third kappa shape index (κ3) is 3.85. The smallest absolute Gasteiger partial charge is 0.255 e. The van der Waals surface area contributed by atoms with E-state index in [1.165, 1.54) is 0 Å². The van der Waals surface area contributed by atoms with E-state index >= 15 is 0 Å². The standard InChI is InChI=1S/C13H15BrCl2N2O/c14-3-4-17-5-7-18(8-6-17)13(19)11-2-1-10(15)9-12(11)16/h1-2,9H,3-8H2. The van der Waals surface area contributed by atoms with Crippen molar-refractivity contribution in [3.05, 3.63) is 33.8 Å². The quantitative estimate of drug-likeness (QED) is 0.768. The highest BCUT2D eigenvalue weighted by atomic mass is 79.9. The maximum absolute atomic E-state index is 12.4. The predicted molar refractivity (Wildman–Crippen MR) is 82.6 cm³/mol. The Morgan fingerprint density at radius 2 is 1.89 bits per heavy atom. The van der Waals surface area contributed by atoms with Crippen molar-refractivity contribution in [1.82, 2.24) is 9.80 Å². The highest BCUT2D eigenvalue weighted by Crippen LogP contribution is 2.22. The number of carbonyl (C=O) groups is 1. The fourth-order valence-electron chi connectivity index (χ4n) is 2.13. The molecule has 1 aliphatic heterocycles. The van der Waals surface area contributed by atoms with Crippen LogP contribution in [0.4, 0.5) is 0 Å². The number of amides is 1. The van der Waals surface area contributed by atoms with Gasteiger partial charge >= 0.3 is 0 Å². The topological polar surface area (TPSA) is 23.6 Å². The van der Waals surface area contributed by atoms with Crippen LogP contribution in [0.1, 0.15) is 10.4 Å². The first kappa shape index (κ1) is 15.1. The summed E-state index contributed by atoms with van der Waals surface area (Å²) in [6.07, 6.45) is 0. The minimum absolute atomic E-state index is 0.0137. The summed E-state index contributed by atoms with van der Waals surface area (Å²) in [4.78, 5) is 16.5. The maximum atomic E-state index is 12.4. The van der Waals surface area contributed by atoms with Crippen LogP contribution in [0.25, 0.3) is 0 Å². The molecule has 2 rings (SSSR count). The van der Waals surface area contributed by atoms with Gasteiger partial charge in [0.1, 0.15) is 0 Å². The van der Waals surface area contributed by atoms with Gasteiger partial charge in [0.15, 0.2) is 0 Å².